The first kappa shape index (κ1) is 17.3. The highest BCUT2D eigenvalue weighted by atomic mass is 35.5. The van der Waals surface area contributed by atoms with Crippen LogP contribution in [0.15, 0.2) is 12.1 Å². The van der Waals surface area contributed by atoms with Gasteiger partial charge in [-0.15, -0.1) is 12.4 Å². The van der Waals surface area contributed by atoms with Crippen LogP contribution >= 0.6 is 12.4 Å². The topological polar surface area (TPSA) is 87.6 Å². The Hall–Kier alpha value is -1.74. The zero-order valence-corrected chi connectivity index (χ0v) is 11.4. The standard InChI is InChI=1S/C11H11F3N2O4.ClH/c12-11(13,14)2-1-7(15)6-3-9-10(20-5-19-9)4-8(6)16(17)18;/h3-4,7H,1-2,5,15H2;1H/t7-;/m1./s1. The SMILES string of the molecule is Cl.N[C@H](CCC(F)(F)F)c1cc2c(cc1[N+](=O)[O-])OCO2. The van der Waals surface area contributed by atoms with Gasteiger partial charge in [-0.2, -0.15) is 13.2 Å². The zero-order chi connectivity index (χ0) is 14.9. The van der Waals surface area contributed by atoms with Gasteiger partial charge in [0, 0.05) is 12.5 Å². The summed E-state index contributed by atoms with van der Waals surface area (Å²) in [4.78, 5) is 10.3. The van der Waals surface area contributed by atoms with Crippen LogP contribution in [0.4, 0.5) is 18.9 Å². The third-order valence-electron chi connectivity index (χ3n) is 2.86. The lowest BCUT2D eigenvalue weighted by Crippen LogP contribution is -2.17. The fourth-order valence-electron chi connectivity index (χ4n) is 1.88. The van der Waals surface area contributed by atoms with Crippen LogP contribution in [0.3, 0.4) is 0 Å². The number of ether oxygens (including phenoxy) is 2. The number of nitro benzene ring substituents is 1. The lowest BCUT2D eigenvalue weighted by atomic mass is 10.00. The summed E-state index contributed by atoms with van der Waals surface area (Å²) in [5.74, 6) is 0.427. The number of rotatable bonds is 4. The molecular weight excluding hydrogens is 317 g/mol. The molecule has 118 valence electrons. The van der Waals surface area contributed by atoms with Crippen LogP contribution in [-0.2, 0) is 0 Å². The highest BCUT2D eigenvalue weighted by molar-refractivity contribution is 5.85. The summed E-state index contributed by atoms with van der Waals surface area (Å²) in [6, 6.07) is 1.28. The Morgan fingerprint density at radius 3 is 2.43 bits per heavy atom. The monoisotopic (exact) mass is 328 g/mol. The van der Waals surface area contributed by atoms with Gasteiger partial charge in [-0.3, -0.25) is 10.1 Å². The van der Waals surface area contributed by atoms with Crippen molar-refractivity contribution in [1.82, 2.24) is 0 Å². The Kier molecular flexibility index (Phi) is 5.24. The Balaban J connectivity index is 0.00000220. The van der Waals surface area contributed by atoms with Crippen molar-refractivity contribution in [2.75, 3.05) is 6.79 Å². The molecule has 2 N–H and O–H groups in total. The smallest absolute Gasteiger partial charge is 0.389 e. The summed E-state index contributed by atoms with van der Waals surface area (Å²) < 4.78 is 46.6. The van der Waals surface area contributed by atoms with E-state index in [1.54, 1.807) is 0 Å². The maximum absolute atomic E-state index is 12.2. The number of halogens is 4. The molecule has 0 bridgehead atoms. The van der Waals surface area contributed by atoms with E-state index in [0.717, 1.165) is 6.07 Å². The van der Waals surface area contributed by atoms with Gasteiger partial charge in [-0.1, -0.05) is 0 Å². The molecule has 6 nitrogen and oxygen atoms in total. The quantitative estimate of drug-likeness (QED) is 0.678. The highest BCUT2D eigenvalue weighted by Crippen LogP contribution is 2.41. The van der Waals surface area contributed by atoms with E-state index < -0.39 is 30.0 Å². The number of hydrogen-bond acceptors (Lipinski definition) is 5. The van der Waals surface area contributed by atoms with Crippen molar-refractivity contribution in [2.24, 2.45) is 5.73 Å². The van der Waals surface area contributed by atoms with Gasteiger partial charge in [-0.05, 0) is 12.5 Å². The second-order valence-electron chi connectivity index (χ2n) is 4.28. The molecule has 21 heavy (non-hydrogen) atoms. The lowest BCUT2D eigenvalue weighted by molar-refractivity contribution is -0.385. The fraction of sp³-hybridized carbons (Fsp3) is 0.455. The van der Waals surface area contributed by atoms with Gasteiger partial charge in [0.1, 0.15) is 0 Å². The van der Waals surface area contributed by atoms with Crippen LogP contribution in [0, 0.1) is 10.1 Å². The number of nitrogens with zero attached hydrogens (tertiary/aromatic N) is 1. The molecular formula is C11H12ClF3N2O4. The molecule has 0 radical (unpaired) electrons. The van der Waals surface area contributed by atoms with Gasteiger partial charge in [0.15, 0.2) is 11.5 Å². The maximum Gasteiger partial charge on any atom is 0.389 e. The minimum atomic E-state index is -4.36. The van der Waals surface area contributed by atoms with E-state index in [4.69, 9.17) is 15.2 Å². The minimum Gasteiger partial charge on any atom is -0.454 e. The first-order valence-electron chi connectivity index (χ1n) is 5.68. The summed E-state index contributed by atoms with van der Waals surface area (Å²) in [6.07, 6.45) is -5.91. The van der Waals surface area contributed by atoms with E-state index in [0.29, 0.717) is 0 Å². The number of benzene rings is 1. The molecule has 0 saturated carbocycles. The number of hydrogen-bond donors (Lipinski definition) is 1. The first-order chi connectivity index (χ1) is 9.28. The molecule has 0 unspecified atom stereocenters. The van der Waals surface area contributed by atoms with Crippen molar-refractivity contribution in [3.8, 4) is 11.5 Å². The molecule has 2 rings (SSSR count). The van der Waals surface area contributed by atoms with E-state index in [1.165, 1.54) is 6.07 Å². The number of nitro groups is 1. The van der Waals surface area contributed by atoms with Crippen molar-refractivity contribution in [2.45, 2.75) is 25.1 Å². The summed E-state index contributed by atoms with van der Waals surface area (Å²) >= 11 is 0. The van der Waals surface area contributed by atoms with E-state index in [9.17, 15) is 23.3 Å². The molecule has 0 spiro atoms. The summed E-state index contributed by atoms with van der Waals surface area (Å²) in [6.45, 7) is -0.0896. The Bertz CT molecular complexity index is 539. The molecule has 1 heterocycles. The van der Waals surface area contributed by atoms with Crippen LogP contribution in [0.1, 0.15) is 24.4 Å². The fourth-order valence-corrected chi connectivity index (χ4v) is 1.88. The largest absolute Gasteiger partial charge is 0.454 e. The predicted octanol–water partition coefficient (Wildman–Crippen LogP) is 3.09. The Labute approximate surface area is 123 Å². The molecule has 0 aliphatic carbocycles. The number of alkyl halides is 3. The van der Waals surface area contributed by atoms with Gasteiger partial charge < -0.3 is 15.2 Å². The summed E-state index contributed by atoms with van der Waals surface area (Å²) in [5, 5.41) is 11.0. The van der Waals surface area contributed by atoms with Crippen LogP contribution in [0.5, 0.6) is 11.5 Å². The van der Waals surface area contributed by atoms with Gasteiger partial charge in [0.25, 0.3) is 5.69 Å². The lowest BCUT2D eigenvalue weighted by Gasteiger charge is -2.14. The third-order valence-corrected chi connectivity index (χ3v) is 2.86. The zero-order valence-electron chi connectivity index (χ0n) is 10.6. The van der Waals surface area contributed by atoms with E-state index in [2.05, 4.69) is 0 Å². The molecule has 1 atom stereocenters. The summed E-state index contributed by atoms with van der Waals surface area (Å²) in [5.41, 5.74) is 5.27. The predicted molar refractivity (Wildman–Crippen MR) is 68.7 cm³/mol. The average molecular weight is 329 g/mol. The molecule has 1 aliphatic heterocycles. The van der Waals surface area contributed by atoms with Crippen LogP contribution in [-0.4, -0.2) is 17.9 Å². The molecule has 0 aromatic heterocycles. The maximum atomic E-state index is 12.2. The average Bonchev–Trinajstić information content (AvgIpc) is 2.80. The normalized spacial score (nSPS) is 14.5. The van der Waals surface area contributed by atoms with E-state index in [1.807, 2.05) is 0 Å². The van der Waals surface area contributed by atoms with Gasteiger partial charge in [0.05, 0.1) is 16.6 Å². The van der Waals surface area contributed by atoms with Gasteiger partial charge in [0.2, 0.25) is 6.79 Å². The van der Waals surface area contributed by atoms with Crippen LogP contribution < -0.4 is 15.2 Å². The third kappa shape index (κ3) is 4.11. The van der Waals surface area contributed by atoms with Crippen molar-refractivity contribution in [1.29, 1.82) is 0 Å². The van der Waals surface area contributed by atoms with Crippen LogP contribution in [0.2, 0.25) is 0 Å². The first-order valence-corrected chi connectivity index (χ1v) is 5.68. The highest BCUT2D eigenvalue weighted by Gasteiger charge is 2.31. The molecule has 0 fully saturated rings. The number of fused-ring (bicyclic) bond motifs is 1. The van der Waals surface area contributed by atoms with Crippen molar-refractivity contribution in [3.63, 3.8) is 0 Å². The Morgan fingerprint density at radius 2 is 1.90 bits per heavy atom. The Morgan fingerprint density at radius 1 is 1.33 bits per heavy atom. The summed E-state index contributed by atoms with van der Waals surface area (Å²) in [7, 11) is 0. The molecule has 1 aromatic carbocycles. The van der Waals surface area contributed by atoms with E-state index in [-0.39, 0.29) is 41.9 Å². The van der Waals surface area contributed by atoms with Crippen LogP contribution in [0.25, 0.3) is 0 Å². The molecule has 10 heteroatoms. The van der Waals surface area contributed by atoms with Crippen molar-refractivity contribution < 1.29 is 27.6 Å². The van der Waals surface area contributed by atoms with Gasteiger partial charge in [-0.25, -0.2) is 0 Å². The molecule has 1 aromatic rings. The molecule has 0 saturated heterocycles. The van der Waals surface area contributed by atoms with Crippen molar-refractivity contribution in [3.05, 3.63) is 27.8 Å². The van der Waals surface area contributed by atoms with Gasteiger partial charge >= 0.3 is 6.18 Å². The van der Waals surface area contributed by atoms with E-state index >= 15 is 0 Å². The second-order valence-corrected chi connectivity index (χ2v) is 4.28. The second kappa shape index (κ2) is 6.35. The minimum absolute atomic E-state index is 0. The molecule has 1 aliphatic rings. The van der Waals surface area contributed by atoms with Crippen molar-refractivity contribution >= 4 is 18.1 Å². The number of nitrogens with two attached hydrogens (primary N) is 1. The molecule has 0 amide bonds.